The van der Waals surface area contributed by atoms with Crippen molar-refractivity contribution in [1.29, 1.82) is 0 Å². The van der Waals surface area contributed by atoms with Gasteiger partial charge in [0.25, 0.3) is 0 Å². The van der Waals surface area contributed by atoms with Crippen molar-refractivity contribution >= 4 is 29.1 Å². The summed E-state index contributed by atoms with van der Waals surface area (Å²) in [5, 5.41) is 12.1. The molecule has 0 atom stereocenters. The van der Waals surface area contributed by atoms with E-state index in [1.807, 2.05) is 30.3 Å². The van der Waals surface area contributed by atoms with Gasteiger partial charge in [-0.05, 0) is 23.8 Å². The molecule has 6 heteroatoms. The van der Waals surface area contributed by atoms with E-state index in [4.69, 9.17) is 16.7 Å². The number of nitrogens with one attached hydrogen (secondary N) is 1. The topological polar surface area (TPSA) is 69.6 Å². The summed E-state index contributed by atoms with van der Waals surface area (Å²) in [6.07, 6.45) is 0. The highest BCUT2D eigenvalue weighted by molar-refractivity contribution is 6.39. The second kappa shape index (κ2) is 8.31. The van der Waals surface area contributed by atoms with Gasteiger partial charge in [0, 0.05) is 23.8 Å². The Balaban J connectivity index is 2.06. The maximum absolute atomic E-state index is 12.3. The van der Waals surface area contributed by atoms with Crippen LogP contribution < -0.4 is 5.32 Å². The highest BCUT2D eigenvalue weighted by atomic mass is 35.5. The fourth-order valence-corrected chi connectivity index (χ4v) is 2.26. The van der Waals surface area contributed by atoms with Crippen molar-refractivity contribution in [1.82, 2.24) is 4.90 Å². The number of carbonyl (C=O) groups is 2. The quantitative estimate of drug-likeness (QED) is 0.825. The van der Waals surface area contributed by atoms with Crippen molar-refractivity contribution in [2.75, 3.05) is 18.5 Å². The summed E-state index contributed by atoms with van der Waals surface area (Å²) < 4.78 is 0. The van der Waals surface area contributed by atoms with Crippen LogP contribution in [0.4, 0.5) is 5.69 Å². The molecule has 0 spiro atoms. The number of carbonyl (C=O) groups excluding carboxylic acids is 2. The number of hydrogen-bond acceptors (Lipinski definition) is 3. The zero-order valence-corrected chi connectivity index (χ0v) is 13.2. The predicted molar refractivity (Wildman–Crippen MR) is 89.0 cm³/mol. The number of benzene rings is 2. The summed E-state index contributed by atoms with van der Waals surface area (Å²) in [5.41, 5.74) is 1.32. The number of amides is 2. The largest absolute Gasteiger partial charge is 0.395 e. The van der Waals surface area contributed by atoms with Gasteiger partial charge in [0.15, 0.2) is 0 Å². The highest BCUT2D eigenvalue weighted by Crippen LogP contribution is 2.15. The molecule has 0 aliphatic carbocycles. The van der Waals surface area contributed by atoms with Gasteiger partial charge >= 0.3 is 11.8 Å². The minimum atomic E-state index is -0.767. The Morgan fingerprint density at radius 1 is 1.09 bits per heavy atom. The van der Waals surface area contributed by atoms with Crippen LogP contribution in [0.5, 0.6) is 0 Å². The molecule has 0 saturated heterocycles. The van der Waals surface area contributed by atoms with Crippen LogP contribution in [0, 0.1) is 0 Å². The summed E-state index contributed by atoms with van der Waals surface area (Å²) in [6.45, 7) is 0.114. The zero-order valence-electron chi connectivity index (χ0n) is 12.4. The fraction of sp³-hybridized carbons (Fsp3) is 0.176. The van der Waals surface area contributed by atoms with Crippen LogP contribution in [0.2, 0.25) is 5.02 Å². The molecule has 2 aromatic rings. The number of rotatable bonds is 5. The van der Waals surface area contributed by atoms with Gasteiger partial charge in [0.2, 0.25) is 0 Å². The maximum Gasteiger partial charge on any atom is 0.313 e. The van der Waals surface area contributed by atoms with E-state index in [1.54, 1.807) is 24.3 Å². The van der Waals surface area contributed by atoms with Gasteiger partial charge in [-0.2, -0.15) is 0 Å². The van der Waals surface area contributed by atoms with E-state index < -0.39 is 11.8 Å². The third-order valence-electron chi connectivity index (χ3n) is 3.15. The lowest BCUT2D eigenvalue weighted by Gasteiger charge is -2.21. The first-order chi connectivity index (χ1) is 11.1. The van der Waals surface area contributed by atoms with Crippen LogP contribution in [0.1, 0.15) is 5.56 Å². The predicted octanol–water partition coefficient (Wildman–Crippen LogP) is 2.30. The third-order valence-corrected chi connectivity index (χ3v) is 3.39. The SMILES string of the molecule is O=C(Nc1cccc(Cl)c1)C(=O)N(CCO)Cc1ccccc1. The van der Waals surface area contributed by atoms with Crippen molar-refractivity contribution in [3.05, 3.63) is 65.2 Å². The van der Waals surface area contributed by atoms with Crippen LogP contribution in [-0.4, -0.2) is 35.0 Å². The van der Waals surface area contributed by atoms with Crippen molar-refractivity contribution < 1.29 is 14.7 Å². The molecule has 5 nitrogen and oxygen atoms in total. The molecule has 0 heterocycles. The molecule has 0 unspecified atom stereocenters. The summed E-state index contributed by atoms with van der Waals surface area (Å²) in [7, 11) is 0. The van der Waals surface area contributed by atoms with Crippen molar-refractivity contribution in [3.8, 4) is 0 Å². The van der Waals surface area contributed by atoms with Gasteiger partial charge in [-0.15, -0.1) is 0 Å². The van der Waals surface area contributed by atoms with Gasteiger partial charge in [-0.25, -0.2) is 0 Å². The Morgan fingerprint density at radius 3 is 2.48 bits per heavy atom. The molecule has 0 aromatic heterocycles. The number of hydrogen-bond donors (Lipinski definition) is 2. The molecule has 2 N–H and O–H groups in total. The Morgan fingerprint density at radius 2 is 1.83 bits per heavy atom. The lowest BCUT2D eigenvalue weighted by atomic mass is 10.2. The van der Waals surface area contributed by atoms with Crippen LogP contribution in [0.25, 0.3) is 0 Å². The average molecular weight is 333 g/mol. The normalized spacial score (nSPS) is 10.2. The highest BCUT2D eigenvalue weighted by Gasteiger charge is 2.21. The first-order valence-electron chi connectivity index (χ1n) is 7.11. The van der Waals surface area contributed by atoms with Gasteiger partial charge < -0.3 is 15.3 Å². The van der Waals surface area contributed by atoms with E-state index in [-0.39, 0.29) is 19.7 Å². The van der Waals surface area contributed by atoms with Crippen LogP contribution in [-0.2, 0) is 16.1 Å². The smallest absolute Gasteiger partial charge is 0.313 e. The van der Waals surface area contributed by atoms with Crippen molar-refractivity contribution in [3.63, 3.8) is 0 Å². The first kappa shape index (κ1) is 17.0. The van der Waals surface area contributed by atoms with Gasteiger partial charge in [0.05, 0.1) is 6.61 Å². The molecule has 0 radical (unpaired) electrons. The van der Waals surface area contributed by atoms with E-state index in [2.05, 4.69) is 5.32 Å². The zero-order chi connectivity index (χ0) is 16.7. The van der Waals surface area contributed by atoms with E-state index >= 15 is 0 Å². The van der Waals surface area contributed by atoms with Crippen molar-refractivity contribution in [2.45, 2.75) is 6.54 Å². The molecule has 0 saturated carbocycles. The number of nitrogens with zero attached hydrogens (tertiary/aromatic N) is 1. The molecule has 2 aromatic carbocycles. The minimum Gasteiger partial charge on any atom is -0.395 e. The summed E-state index contributed by atoms with van der Waals surface area (Å²) in [5.74, 6) is -1.47. The van der Waals surface area contributed by atoms with E-state index in [1.165, 1.54) is 4.90 Å². The molecule has 23 heavy (non-hydrogen) atoms. The second-order valence-corrected chi connectivity index (χ2v) is 5.34. The van der Waals surface area contributed by atoms with E-state index in [0.29, 0.717) is 10.7 Å². The van der Waals surface area contributed by atoms with Crippen molar-refractivity contribution in [2.24, 2.45) is 0 Å². The second-order valence-electron chi connectivity index (χ2n) is 4.90. The minimum absolute atomic E-state index is 0.0801. The molecule has 0 bridgehead atoms. The van der Waals surface area contributed by atoms with Gasteiger partial charge in [-0.1, -0.05) is 48.0 Å². The lowest BCUT2D eigenvalue weighted by molar-refractivity contribution is -0.143. The number of halogens is 1. The Hall–Kier alpha value is -2.37. The Bertz CT molecular complexity index is 677. The standard InChI is InChI=1S/C17H17ClN2O3/c18-14-7-4-8-15(11-14)19-16(22)17(23)20(9-10-21)12-13-5-2-1-3-6-13/h1-8,11,21H,9-10,12H2,(H,19,22). The molecule has 0 aliphatic heterocycles. The average Bonchev–Trinajstić information content (AvgIpc) is 2.55. The molecule has 2 amide bonds. The molecular weight excluding hydrogens is 316 g/mol. The van der Waals surface area contributed by atoms with Crippen LogP contribution >= 0.6 is 11.6 Å². The van der Waals surface area contributed by atoms with Gasteiger partial charge in [-0.3, -0.25) is 9.59 Å². The fourth-order valence-electron chi connectivity index (χ4n) is 2.07. The molecule has 120 valence electrons. The monoisotopic (exact) mass is 332 g/mol. The van der Waals surface area contributed by atoms with Crippen LogP contribution in [0.3, 0.4) is 0 Å². The van der Waals surface area contributed by atoms with Crippen LogP contribution in [0.15, 0.2) is 54.6 Å². The molecular formula is C17H17ClN2O3. The number of aliphatic hydroxyl groups is 1. The number of anilines is 1. The summed E-state index contributed by atoms with van der Waals surface area (Å²) in [4.78, 5) is 25.7. The first-order valence-corrected chi connectivity index (χ1v) is 7.48. The Kier molecular flexibility index (Phi) is 6.14. The lowest BCUT2D eigenvalue weighted by Crippen LogP contribution is -2.40. The molecule has 0 fully saturated rings. The summed E-state index contributed by atoms with van der Waals surface area (Å²) >= 11 is 5.85. The summed E-state index contributed by atoms with van der Waals surface area (Å²) in [6, 6.07) is 15.8. The third kappa shape index (κ3) is 5.09. The van der Waals surface area contributed by atoms with Gasteiger partial charge in [0.1, 0.15) is 0 Å². The number of aliphatic hydroxyl groups excluding tert-OH is 1. The molecule has 0 aliphatic rings. The molecule has 2 rings (SSSR count). The van der Waals surface area contributed by atoms with E-state index in [9.17, 15) is 9.59 Å². The Labute approximate surface area is 139 Å². The van der Waals surface area contributed by atoms with E-state index in [0.717, 1.165) is 5.56 Å². The maximum atomic E-state index is 12.3.